The summed E-state index contributed by atoms with van der Waals surface area (Å²) in [5, 5.41) is 7.22. The first-order valence-corrected chi connectivity index (χ1v) is 12.7. The zero-order chi connectivity index (χ0) is 26.9. The number of halogens is 1. The van der Waals surface area contributed by atoms with Crippen LogP contribution in [0.2, 0.25) is 0 Å². The van der Waals surface area contributed by atoms with Crippen molar-refractivity contribution < 1.29 is 14.0 Å². The number of benzene rings is 2. The molecule has 38 heavy (non-hydrogen) atoms. The normalized spacial score (nSPS) is 14.5. The Morgan fingerprint density at radius 2 is 1.79 bits per heavy atom. The molecule has 8 nitrogen and oxygen atoms in total. The van der Waals surface area contributed by atoms with Crippen molar-refractivity contribution >= 4 is 17.5 Å². The molecular weight excluding hydrogens is 483 g/mol. The number of amides is 2. The van der Waals surface area contributed by atoms with Crippen molar-refractivity contribution in [1.82, 2.24) is 24.6 Å². The summed E-state index contributed by atoms with van der Waals surface area (Å²) in [5.74, 6) is -0.329. The quantitative estimate of drug-likeness (QED) is 0.378. The average Bonchev–Trinajstić information content (AvgIpc) is 3.60. The summed E-state index contributed by atoms with van der Waals surface area (Å²) in [6, 6.07) is 15.8. The molecule has 0 saturated carbocycles. The number of nitrogens with one attached hydrogen (secondary N) is 2. The van der Waals surface area contributed by atoms with Gasteiger partial charge in [0.2, 0.25) is 5.82 Å². The minimum atomic E-state index is -0.376. The fourth-order valence-electron chi connectivity index (χ4n) is 4.66. The zero-order valence-corrected chi connectivity index (χ0v) is 21.7. The molecule has 1 aliphatic heterocycles. The van der Waals surface area contributed by atoms with Crippen molar-refractivity contribution in [2.24, 2.45) is 0 Å². The molecule has 0 spiro atoms. The lowest BCUT2D eigenvalue weighted by Crippen LogP contribution is -2.38. The molecule has 5 rings (SSSR count). The van der Waals surface area contributed by atoms with E-state index in [2.05, 4.69) is 41.2 Å². The molecule has 0 aliphatic carbocycles. The molecule has 0 atom stereocenters. The van der Waals surface area contributed by atoms with Crippen LogP contribution in [-0.4, -0.2) is 49.6 Å². The Labute approximate surface area is 220 Å². The number of piperidine rings is 1. The van der Waals surface area contributed by atoms with Crippen LogP contribution in [0.3, 0.4) is 0 Å². The van der Waals surface area contributed by atoms with Gasteiger partial charge < -0.3 is 15.2 Å². The molecule has 0 radical (unpaired) electrons. The predicted molar refractivity (Wildman–Crippen MR) is 143 cm³/mol. The monoisotopic (exact) mass is 514 g/mol. The van der Waals surface area contributed by atoms with E-state index < -0.39 is 0 Å². The number of hydrogen-bond donors (Lipinski definition) is 2. The van der Waals surface area contributed by atoms with Crippen molar-refractivity contribution in [3.8, 4) is 5.69 Å². The van der Waals surface area contributed by atoms with Gasteiger partial charge in [0.05, 0.1) is 11.3 Å². The highest BCUT2D eigenvalue weighted by Crippen LogP contribution is 2.29. The summed E-state index contributed by atoms with van der Waals surface area (Å²) in [7, 11) is 0. The first-order chi connectivity index (χ1) is 18.2. The molecule has 0 bridgehead atoms. The second-order valence-corrected chi connectivity index (χ2v) is 10.7. The van der Waals surface area contributed by atoms with Crippen LogP contribution in [0.1, 0.15) is 71.8 Å². The molecule has 4 aromatic rings. The fourth-order valence-corrected chi connectivity index (χ4v) is 4.66. The molecule has 1 saturated heterocycles. The first kappa shape index (κ1) is 25.4. The maximum absolute atomic E-state index is 13.5. The van der Waals surface area contributed by atoms with E-state index in [4.69, 9.17) is 0 Å². The molecule has 196 valence electrons. The van der Waals surface area contributed by atoms with E-state index >= 15 is 0 Å². The summed E-state index contributed by atoms with van der Waals surface area (Å²) in [4.78, 5) is 34.7. The highest BCUT2D eigenvalue weighted by atomic mass is 19.1. The third-order valence-electron chi connectivity index (χ3n) is 6.93. The van der Waals surface area contributed by atoms with Crippen LogP contribution in [0.5, 0.6) is 0 Å². The number of aromatic amines is 1. The van der Waals surface area contributed by atoms with E-state index in [9.17, 15) is 14.0 Å². The second kappa shape index (κ2) is 10.2. The minimum absolute atomic E-state index is 0.0542. The van der Waals surface area contributed by atoms with Crippen LogP contribution < -0.4 is 5.32 Å². The summed E-state index contributed by atoms with van der Waals surface area (Å²) in [6.45, 7) is 7.48. The van der Waals surface area contributed by atoms with E-state index in [1.807, 2.05) is 30.3 Å². The third-order valence-corrected chi connectivity index (χ3v) is 6.93. The standard InChI is InChI=1S/C29H31FN6O2/c1-29(2,3)25-15-21(17-31-25)27(37)33-23-9-7-19(8-10-23)20-11-13-35(14-12-20)28(38)26-32-18-36(34-26)24-6-4-5-22(30)16-24/h4-10,15-18,20,31H,11-14H2,1-3H3,(H,33,37). The number of anilines is 1. The van der Waals surface area contributed by atoms with Crippen LogP contribution in [0.15, 0.2) is 67.1 Å². The van der Waals surface area contributed by atoms with Gasteiger partial charge in [0.25, 0.3) is 11.8 Å². The second-order valence-electron chi connectivity index (χ2n) is 10.7. The number of hydrogen-bond acceptors (Lipinski definition) is 4. The molecule has 1 fully saturated rings. The van der Waals surface area contributed by atoms with Gasteiger partial charge in [0.15, 0.2) is 0 Å². The maximum atomic E-state index is 13.5. The lowest BCUT2D eigenvalue weighted by atomic mass is 9.89. The van der Waals surface area contributed by atoms with Crippen molar-refractivity contribution in [2.75, 3.05) is 18.4 Å². The topological polar surface area (TPSA) is 95.9 Å². The number of aromatic nitrogens is 4. The number of likely N-dealkylation sites (tertiary alicyclic amines) is 1. The Balaban J connectivity index is 1.15. The first-order valence-electron chi connectivity index (χ1n) is 12.7. The average molecular weight is 515 g/mol. The maximum Gasteiger partial charge on any atom is 0.293 e. The van der Waals surface area contributed by atoms with Gasteiger partial charge in [-0.05, 0) is 60.7 Å². The molecular formula is C29H31FN6O2. The molecule has 2 aromatic heterocycles. The largest absolute Gasteiger partial charge is 0.364 e. The van der Waals surface area contributed by atoms with Gasteiger partial charge in [0.1, 0.15) is 12.1 Å². The molecule has 0 unspecified atom stereocenters. The Morgan fingerprint density at radius 3 is 2.45 bits per heavy atom. The van der Waals surface area contributed by atoms with Crippen LogP contribution in [-0.2, 0) is 5.41 Å². The number of carbonyl (C=O) groups is 2. The van der Waals surface area contributed by atoms with E-state index in [0.29, 0.717) is 30.3 Å². The smallest absolute Gasteiger partial charge is 0.293 e. The Kier molecular flexibility index (Phi) is 6.84. The SMILES string of the molecule is CC(C)(C)c1cc(C(=O)Nc2ccc(C3CCN(C(=O)c4ncn(-c5cccc(F)c5)n4)CC3)cc2)c[nH]1. The molecule has 2 N–H and O–H groups in total. The van der Waals surface area contributed by atoms with Crippen molar-refractivity contribution in [3.05, 3.63) is 95.6 Å². The molecule has 2 amide bonds. The molecule has 2 aromatic carbocycles. The molecule has 1 aliphatic rings. The predicted octanol–water partition coefficient (Wildman–Crippen LogP) is 5.30. The van der Waals surface area contributed by atoms with E-state index in [0.717, 1.165) is 24.2 Å². The lowest BCUT2D eigenvalue weighted by molar-refractivity contribution is 0.0700. The highest BCUT2D eigenvalue weighted by molar-refractivity contribution is 6.04. The van der Waals surface area contributed by atoms with Gasteiger partial charge >= 0.3 is 0 Å². The number of nitrogens with zero attached hydrogens (tertiary/aromatic N) is 4. The van der Waals surface area contributed by atoms with Gasteiger partial charge in [-0.2, -0.15) is 0 Å². The van der Waals surface area contributed by atoms with Crippen molar-refractivity contribution in [3.63, 3.8) is 0 Å². The Bertz CT molecular complexity index is 1440. The van der Waals surface area contributed by atoms with Gasteiger partial charge in [-0.25, -0.2) is 14.1 Å². The van der Waals surface area contributed by atoms with E-state index in [1.54, 1.807) is 23.2 Å². The third kappa shape index (κ3) is 5.51. The van der Waals surface area contributed by atoms with Gasteiger partial charge in [0, 0.05) is 36.1 Å². The van der Waals surface area contributed by atoms with Gasteiger partial charge in [-0.3, -0.25) is 9.59 Å². The minimum Gasteiger partial charge on any atom is -0.364 e. The lowest BCUT2D eigenvalue weighted by Gasteiger charge is -2.31. The Hall–Kier alpha value is -4.27. The van der Waals surface area contributed by atoms with Gasteiger partial charge in [-0.15, -0.1) is 5.10 Å². The fraction of sp³-hybridized carbons (Fsp3) is 0.310. The summed E-state index contributed by atoms with van der Waals surface area (Å²) in [6.07, 6.45) is 4.80. The summed E-state index contributed by atoms with van der Waals surface area (Å²) < 4.78 is 14.9. The van der Waals surface area contributed by atoms with Gasteiger partial charge in [-0.1, -0.05) is 39.0 Å². The number of H-pyrrole nitrogens is 1. The molecule has 3 heterocycles. The van der Waals surface area contributed by atoms with Crippen LogP contribution >= 0.6 is 0 Å². The van der Waals surface area contributed by atoms with Crippen LogP contribution in [0.25, 0.3) is 5.69 Å². The molecule has 9 heteroatoms. The van der Waals surface area contributed by atoms with Crippen LogP contribution in [0, 0.1) is 5.82 Å². The summed E-state index contributed by atoms with van der Waals surface area (Å²) >= 11 is 0. The Morgan fingerprint density at radius 1 is 1.05 bits per heavy atom. The number of carbonyl (C=O) groups excluding carboxylic acids is 2. The highest BCUT2D eigenvalue weighted by Gasteiger charge is 2.27. The summed E-state index contributed by atoms with van der Waals surface area (Å²) in [5.41, 5.74) is 3.99. The number of rotatable bonds is 5. The van der Waals surface area contributed by atoms with Crippen molar-refractivity contribution in [1.29, 1.82) is 0 Å². The van der Waals surface area contributed by atoms with E-state index in [-0.39, 0.29) is 28.9 Å². The van der Waals surface area contributed by atoms with E-state index in [1.165, 1.54) is 28.7 Å². The zero-order valence-electron chi connectivity index (χ0n) is 21.7. The van der Waals surface area contributed by atoms with Crippen molar-refractivity contribution in [2.45, 2.75) is 44.9 Å². The van der Waals surface area contributed by atoms with Crippen LogP contribution in [0.4, 0.5) is 10.1 Å².